The van der Waals surface area contributed by atoms with Crippen LogP contribution < -0.4 is 0 Å². The van der Waals surface area contributed by atoms with Crippen molar-refractivity contribution in [1.82, 2.24) is 18.7 Å². The molecule has 0 saturated carbocycles. The van der Waals surface area contributed by atoms with Crippen LogP contribution in [0.3, 0.4) is 0 Å². The van der Waals surface area contributed by atoms with Gasteiger partial charge in [0.1, 0.15) is 5.69 Å². The monoisotopic (exact) mass is 444 g/mol. The van der Waals surface area contributed by atoms with Crippen LogP contribution in [0, 0.1) is 11.8 Å². The number of sulfonamides is 1. The Labute approximate surface area is 178 Å². The van der Waals surface area contributed by atoms with E-state index in [0.717, 1.165) is 16.3 Å². The summed E-state index contributed by atoms with van der Waals surface area (Å²) < 4.78 is 27.2. The molecule has 29 heavy (non-hydrogen) atoms. The molecule has 3 heterocycles. The number of carbonyl (C=O) groups excluding carboxylic acids is 2. The summed E-state index contributed by atoms with van der Waals surface area (Å²) in [7, 11) is 2.03. The van der Waals surface area contributed by atoms with E-state index in [0.29, 0.717) is 17.9 Å². The van der Waals surface area contributed by atoms with Gasteiger partial charge in [-0.1, -0.05) is 13.8 Å². The van der Waals surface area contributed by atoms with Gasteiger partial charge in [-0.3, -0.25) is 9.59 Å². The van der Waals surface area contributed by atoms with Gasteiger partial charge in [-0.25, -0.2) is 12.7 Å². The van der Waals surface area contributed by atoms with Crippen LogP contribution in [0.5, 0.6) is 0 Å². The maximum atomic E-state index is 13.3. The van der Waals surface area contributed by atoms with E-state index in [1.54, 1.807) is 17.0 Å². The van der Waals surface area contributed by atoms with Crippen LogP contribution in [-0.4, -0.2) is 71.8 Å². The Morgan fingerprint density at radius 2 is 1.90 bits per heavy atom. The second-order valence-corrected chi connectivity index (χ2v) is 10.0. The van der Waals surface area contributed by atoms with E-state index in [1.165, 1.54) is 0 Å². The first-order valence-electron chi connectivity index (χ1n) is 9.29. The van der Waals surface area contributed by atoms with Crippen LogP contribution in [0.2, 0.25) is 0 Å². The molecule has 0 aliphatic carbocycles. The summed E-state index contributed by atoms with van der Waals surface area (Å²) in [5.41, 5.74) is 1.93. The molecular weight excluding hydrogens is 416 g/mol. The van der Waals surface area contributed by atoms with Gasteiger partial charge in [0.05, 0.1) is 23.9 Å². The summed E-state index contributed by atoms with van der Waals surface area (Å²) in [5, 5.41) is 0. The summed E-state index contributed by atoms with van der Waals surface area (Å²) in [6, 6.07) is 3.15. The fraction of sp³-hybridized carbons (Fsp3) is 0.579. The second kappa shape index (κ2) is 8.12. The van der Waals surface area contributed by atoms with E-state index in [4.69, 9.17) is 0 Å². The van der Waals surface area contributed by atoms with Crippen LogP contribution in [0.15, 0.2) is 23.9 Å². The number of amides is 2. The molecule has 2 aliphatic rings. The van der Waals surface area contributed by atoms with Crippen molar-refractivity contribution >= 4 is 34.2 Å². The maximum Gasteiger partial charge on any atom is 0.271 e. The first-order chi connectivity index (χ1) is 12.9. The molecular formula is C19H29ClN4O4S. The van der Waals surface area contributed by atoms with Gasteiger partial charge >= 0.3 is 0 Å². The van der Waals surface area contributed by atoms with Crippen molar-refractivity contribution in [3.8, 4) is 0 Å². The Hall–Kier alpha value is -1.84. The van der Waals surface area contributed by atoms with Crippen LogP contribution in [0.4, 0.5) is 0 Å². The van der Waals surface area contributed by atoms with Gasteiger partial charge in [-0.2, -0.15) is 0 Å². The maximum absolute atomic E-state index is 13.3. The number of aromatic nitrogens is 1. The standard InChI is InChI=1S/C19H28N4O4S.ClH/c1-12(2)16-17-14(23(19(16)25)28(6,26)27)9-10-22(17)18(24)15-8-7-13(21(15)5)11-20(3)4;/h7-9,12,16-17H,10-11H2,1-6H3;1H/t16-,17+;/m0./s1. The molecule has 2 amide bonds. The van der Waals surface area contributed by atoms with E-state index in [2.05, 4.69) is 0 Å². The molecule has 2 atom stereocenters. The molecule has 0 aromatic carbocycles. The highest BCUT2D eigenvalue weighted by Gasteiger charge is 2.54. The Balaban J connectivity index is 0.00000300. The lowest BCUT2D eigenvalue weighted by molar-refractivity contribution is -0.128. The van der Waals surface area contributed by atoms with Crippen molar-refractivity contribution in [3.05, 3.63) is 35.3 Å². The molecule has 0 radical (unpaired) electrons. The zero-order valence-electron chi connectivity index (χ0n) is 17.6. The first kappa shape index (κ1) is 23.4. The van der Waals surface area contributed by atoms with Crippen LogP contribution in [-0.2, 0) is 28.4 Å². The molecule has 0 spiro atoms. The van der Waals surface area contributed by atoms with Gasteiger partial charge in [-0.15, -0.1) is 12.4 Å². The van der Waals surface area contributed by atoms with Crippen molar-refractivity contribution in [2.45, 2.75) is 26.4 Å². The molecule has 1 aromatic rings. The van der Waals surface area contributed by atoms with Gasteiger partial charge < -0.3 is 14.4 Å². The van der Waals surface area contributed by atoms with Crippen molar-refractivity contribution in [3.63, 3.8) is 0 Å². The molecule has 1 saturated heterocycles. The Bertz CT molecular complexity index is 951. The number of halogens is 1. The van der Waals surface area contributed by atoms with Gasteiger partial charge in [0.25, 0.3) is 5.91 Å². The van der Waals surface area contributed by atoms with Crippen LogP contribution in [0.25, 0.3) is 0 Å². The SMILES string of the molecule is CC(C)[C@@H]1C(=O)N(S(C)(=O)=O)C2=CCN(C(=O)c3ccc(CN(C)C)n3C)[C@H]21.Cl. The molecule has 10 heteroatoms. The summed E-state index contributed by atoms with van der Waals surface area (Å²) in [6.45, 7) is 4.75. The average molecular weight is 445 g/mol. The Morgan fingerprint density at radius 3 is 2.41 bits per heavy atom. The number of hydrogen-bond acceptors (Lipinski definition) is 5. The first-order valence-corrected chi connectivity index (χ1v) is 11.1. The quantitative estimate of drug-likeness (QED) is 0.683. The van der Waals surface area contributed by atoms with Gasteiger partial charge in [-0.05, 0) is 38.2 Å². The minimum Gasteiger partial charge on any atom is -0.342 e. The van der Waals surface area contributed by atoms with Crippen LogP contribution in [0.1, 0.15) is 30.0 Å². The fourth-order valence-electron chi connectivity index (χ4n) is 4.18. The number of hydrogen-bond donors (Lipinski definition) is 0. The summed E-state index contributed by atoms with van der Waals surface area (Å²) in [5.74, 6) is -1.32. The van der Waals surface area contributed by atoms with E-state index in [-0.39, 0.29) is 30.8 Å². The van der Waals surface area contributed by atoms with E-state index < -0.39 is 27.9 Å². The van der Waals surface area contributed by atoms with Crippen molar-refractivity contribution in [1.29, 1.82) is 0 Å². The fourth-order valence-corrected chi connectivity index (χ4v) is 5.19. The van der Waals surface area contributed by atoms with Gasteiger partial charge in [0.15, 0.2) is 0 Å². The minimum absolute atomic E-state index is 0. The summed E-state index contributed by atoms with van der Waals surface area (Å²) >= 11 is 0. The highest BCUT2D eigenvalue weighted by Crippen LogP contribution is 2.41. The van der Waals surface area contributed by atoms with Crippen molar-refractivity contribution < 1.29 is 18.0 Å². The molecule has 1 fully saturated rings. The third-order valence-electron chi connectivity index (χ3n) is 5.43. The van der Waals surface area contributed by atoms with Crippen molar-refractivity contribution in [2.24, 2.45) is 18.9 Å². The number of nitrogens with zero attached hydrogens (tertiary/aromatic N) is 4. The normalized spacial score (nSPS) is 21.7. The Kier molecular flexibility index (Phi) is 6.56. The zero-order valence-corrected chi connectivity index (χ0v) is 19.2. The van der Waals surface area contributed by atoms with Crippen LogP contribution >= 0.6 is 12.4 Å². The third kappa shape index (κ3) is 3.95. The highest BCUT2D eigenvalue weighted by molar-refractivity contribution is 7.89. The van der Waals surface area contributed by atoms with Gasteiger partial charge in [0, 0.05) is 25.8 Å². The third-order valence-corrected chi connectivity index (χ3v) is 6.48. The molecule has 0 bridgehead atoms. The minimum atomic E-state index is -3.74. The van der Waals surface area contributed by atoms with E-state index >= 15 is 0 Å². The molecule has 0 N–H and O–H groups in total. The number of carbonyl (C=O) groups is 2. The van der Waals surface area contributed by atoms with Gasteiger partial charge in [0.2, 0.25) is 15.9 Å². The van der Waals surface area contributed by atoms with E-state index in [9.17, 15) is 18.0 Å². The molecule has 0 unspecified atom stereocenters. The predicted molar refractivity (Wildman–Crippen MR) is 113 cm³/mol. The summed E-state index contributed by atoms with van der Waals surface area (Å²) in [4.78, 5) is 29.8. The zero-order chi connectivity index (χ0) is 21.0. The lowest BCUT2D eigenvalue weighted by Gasteiger charge is -2.29. The molecule has 162 valence electrons. The molecule has 3 rings (SSSR count). The lowest BCUT2D eigenvalue weighted by atomic mass is 9.89. The predicted octanol–water partition coefficient (Wildman–Crippen LogP) is 1.29. The summed E-state index contributed by atoms with van der Waals surface area (Å²) in [6.07, 6.45) is 2.72. The lowest BCUT2D eigenvalue weighted by Crippen LogP contribution is -2.43. The second-order valence-electron chi connectivity index (χ2n) is 8.17. The number of fused-ring (bicyclic) bond motifs is 1. The van der Waals surface area contributed by atoms with E-state index in [1.807, 2.05) is 50.5 Å². The van der Waals surface area contributed by atoms with Crippen molar-refractivity contribution in [2.75, 3.05) is 26.9 Å². The molecule has 1 aromatic heterocycles. The average Bonchev–Trinajstić information content (AvgIpc) is 3.18. The largest absolute Gasteiger partial charge is 0.342 e. The smallest absolute Gasteiger partial charge is 0.271 e. The molecule has 8 nitrogen and oxygen atoms in total. The molecule has 2 aliphatic heterocycles. The highest BCUT2D eigenvalue weighted by atomic mass is 35.5. The Morgan fingerprint density at radius 1 is 1.28 bits per heavy atom. The number of rotatable bonds is 5. The topological polar surface area (TPSA) is 82.9 Å².